The molecule has 2 aliphatic carbocycles. The van der Waals surface area contributed by atoms with Gasteiger partial charge in [-0.15, -0.1) is 11.3 Å². The van der Waals surface area contributed by atoms with E-state index >= 15 is 9.59 Å². The second-order valence-corrected chi connectivity index (χ2v) is 16.9. The zero-order chi connectivity index (χ0) is 40.3. The van der Waals surface area contributed by atoms with E-state index in [2.05, 4.69) is 5.43 Å². The highest BCUT2D eigenvalue weighted by Crippen LogP contribution is 2.65. The second-order valence-electron chi connectivity index (χ2n) is 15.0. The molecule has 0 bridgehead atoms. The molecule has 3 fully saturated rings. The van der Waals surface area contributed by atoms with Crippen LogP contribution in [0.2, 0.25) is 10.0 Å². The lowest BCUT2D eigenvalue weighted by atomic mass is 9.49. The number of hydrogen-bond acceptors (Lipinski definition) is 9. The Morgan fingerprint density at radius 2 is 1.64 bits per heavy atom. The Hall–Kier alpha value is -5.62. The van der Waals surface area contributed by atoms with Gasteiger partial charge in [0.05, 0.1) is 47.5 Å². The number of aromatic hydroxyl groups is 1. The average molecular weight is 835 g/mol. The molecular weight excluding hydrogens is 797 g/mol. The van der Waals surface area contributed by atoms with Crippen molar-refractivity contribution < 1.29 is 33.8 Å². The fraction of sp³-hybridized carbons (Fsp3) is 0.244. The standard InChI is InChI=1S/C45H37Cl2N3O7S/c1-56-28-12-9-26(10-13-28)45-35(42(53)50(44(45)55)48-37-18-11-27(46)20-36(37)47)22-34-31(16-17-33-39(34)43(54)49(41(33)52)23-30-8-5-19-58-30)40(45)32-15-14-29(21-38(32)51)57-24-25-6-3-2-4-7-25/h2-16,18-21,33-35,39-40,48,51H,17,22-24H2,1H3/t33-,34+,35-,39-,40+,45+/m0/s1. The van der Waals surface area contributed by atoms with E-state index in [1.807, 2.05) is 53.9 Å². The van der Waals surface area contributed by atoms with Crippen LogP contribution in [0.3, 0.4) is 0 Å². The van der Waals surface area contributed by atoms with Crippen LogP contribution in [0.1, 0.15) is 40.3 Å². The van der Waals surface area contributed by atoms with Crippen LogP contribution in [0.25, 0.3) is 0 Å². The van der Waals surface area contributed by atoms with Crippen molar-refractivity contribution in [1.29, 1.82) is 0 Å². The fourth-order valence-corrected chi connectivity index (χ4v) is 10.7. The highest BCUT2D eigenvalue weighted by molar-refractivity contribution is 7.09. The maximum absolute atomic E-state index is 15.6. The quantitative estimate of drug-likeness (QED) is 0.106. The van der Waals surface area contributed by atoms with E-state index in [-0.39, 0.29) is 54.3 Å². The summed E-state index contributed by atoms with van der Waals surface area (Å²) in [6.07, 6.45) is 2.31. The molecule has 294 valence electrons. The summed E-state index contributed by atoms with van der Waals surface area (Å²) >= 11 is 14.3. The number of rotatable bonds is 10. The summed E-state index contributed by atoms with van der Waals surface area (Å²) in [6.45, 7) is 0.422. The molecule has 2 saturated heterocycles. The third-order valence-electron chi connectivity index (χ3n) is 12.1. The molecule has 58 heavy (non-hydrogen) atoms. The molecule has 5 aromatic rings. The topological polar surface area (TPSA) is 125 Å². The summed E-state index contributed by atoms with van der Waals surface area (Å²) in [5, 5.41) is 15.5. The van der Waals surface area contributed by atoms with Crippen molar-refractivity contribution in [3.63, 3.8) is 0 Å². The molecule has 3 heterocycles. The number of carbonyl (C=O) groups is 4. The van der Waals surface area contributed by atoms with Gasteiger partial charge in [0.15, 0.2) is 0 Å². The average Bonchev–Trinajstić information content (AvgIpc) is 3.90. The summed E-state index contributed by atoms with van der Waals surface area (Å²) in [7, 11) is 1.54. The summed E-state index contributed by atoms with van der Waals surface area (Å²) in [5.41, 5.74) is 4.21. The van der Waals surface area contributed by atoms with Crippen LogP contribution >= 0.6 is 34.5 Å². The Morgan fingerprint density at radius 3 is 2.34 bits per heavy atom. The van der Waals surface area contributed by atoms with Gasteiger partial charge in [0, 0.05) is 27.4 Å². The number of halogens is 2. The Kier molecular flexibility index (Phi) is 9.78. The number of hydrazine groups is 1. The SMILES string of the molecule is COc1ccc([C@@]23C(=O)N(Nc4ccc(Cl)cc4Cl)C(=O)[C@@H]2C[C@@H]2C(=CC[C@@H]4C(=O)N(Cc5cccs5)C(=O)[C@@H]42)[C@@H]3c2ccc(OCc3ccccc3)cc2O)cc1. The molecule has 0 unspecified atom stereocenters. The molecule has 4 aromatic carbocycles. The van der Waals surface area contributed by atoms with Crippen molar-refractivity contribution >= 4 is 63.9 Å². The van der Waals surface area contributed by atoms with Gasteiger partial charge in [-0.1, -0.05) is 89.4 Å². The molecule has 10 nitrogen and oxygen atoms in total. The molecular formula is C45H37Cl2N3O7S. The molecule has 4 amide bonds. The van der Waals surface area contributed by atoms with Crippen molar-refractivity contribution in [3.05, 3.63) is 152 Å². The molecule has 1 aromatic heterocycles. The molecule has 9 rings (SSSR count). The zero-order valence-electron chi connectivity index (χ0n) is 31.1. The number of benzene rings is 4. The number of phenols is 1. The first-order chi connectivity index (χ1) is 28.1. The van der Waals surface area contributed by atoms with Crippen LogP contribution in [0.4, 0.5) is 5.69 Å². The first kappa shape index (κ1) is 37.9. The fourth-order valence-electron chi connectivity index (χ4n) is 9.57. The van der Waals surface area contributed by atoms with Gasteiger partial charge in [-0.05, 0) is 77.7 Å². The number of imide groups is 2. The van der Waals surface area contributed by atoms with Gasteiger partial charge in [0.2, 0.25) is 11.8 Å². The van der Waals surface area contributed by atoms with Gasteiger partial charge in [-0.3, -0.25) is 29.5 Å². The third-order valence-corrected chi connectivity index (χ3v) is 13.5. The highest BCUT2D eigenvalue weighted by Gasteiger charge is 2.70. The number of nitrogens with zero attached hydrogens (tertiary/aromatic N) is 2. The minimum absolute atomic E-state index is 0.0948. The Morgan fingerprint density at radius 1 is 0.862 bits per heavy atom. The Labute approximate surface area is 348 Å². The lowest BCUT2D eigenvalue weighted by molar-refractivity contribution is -0.141. The lowest BCUT2D eigenvalue weighted by Gasteiger charge is -2.50. The number of likely N-dealkylation sites (tertiary alicyclic amines) is 1. The maximum atomic E-state index is 15.6. The lowest BCUT2D eigenvalue weighted by Crippen LogP contribution is -2.53. The minimum atomic E-state index is -1.63. The predicted molar refractivity (Wildman–Crippen MR) is 219 cm³/mol. The molecule has 0 radical (unpaired) electrons. The number of methoxy groups -OCH3 is 1. The summed E-state index contributed by atoms with van der Waals surface area (Å²) in [4.78, 5) is 61.3. The number of fused-ring (bicyclic) bond motifs is 4. The molecule has 13 heteroatoms. The number of anilines is 1. The van der Waals surface area contributed by atoms with Crippen LogP contribution < -0.4 is 14.9 Å². The van der Waals surface area contributed by atoms with E-state index in [1.54, 1.807) is 55.6 Å². The van der Waals surface area contributed by atoms with Crippen LogP contribution in [0.5, 0.6) is 17.2 Å². The van der Waals surface area contributed by atoms with Crippen molar-refractivity contribution in [3.8, 4) is 17.2 Å². The predicted octanol–water partition coefficient (Wildman–Crippen LogP) is 8.53. The van der Waals surface area contributed by atoms with Crippen molar-refractivity contribution in [2.24, 2.45) is 23.7 Å². The first-order valence-corrected chi connectivity index (χ1v) is 20.6. The zero-order valence-corrected chi connectivity index (χ0v) is 33.5. The monoisotopic (exact) mass is 833 g/mol. The normalized spacial score (nSPS) is 24.9. The second kappa shape index (κ2) is 15.0. The molecule has 2 aliphatic heterocycles. The summed E-state index contributed by atoms with van der Waals surface area (Å²) in [6, 6.07) is 30.1. The molecule has 6 atom stereocenters. The Bertz CT molecular complexity index is 2480. The summed E-state index contributed by atoms with van der Waals surface area (Å²) in [5.74, 6) is -4.85. The number of ether oxygens (including phenoxy) is 2. The van der Waals surface area contributed by atoms with Crippen LogP contribution in [0.15, 0.2) is 120 Å². The van der Waals surface area contributed by atoms with Crippen LogP contribution in [0, 0.1) is 23.7 Å². The maximum Gasteiger partial charge on any atom is 0.260 e. The van der Waals surface area contributed by atoms with Crippen molar-refractivity contribution in [1.82, 2.24) is 9.91 Å². The number of phenolic OH excluding ortho intramolecular Hbond substituents is 1. The smallest absolute Gasteiger partial charge is 0.260 e. The van der Waals surface area contributed by atoms with E-state index < -0.39 is 46.8 Å². The largest absolute Gasteiger partial charge is 0.508 e. The van der Waals surface area contributed by atoms with E-state index in [4.69, 9.17) is 32.7 Å². The Balaban J connectivity index is 1.20. The van der Waals surface area contributed by atoms with Crippen molar-refractivity contribution in [2.75, 3.05) is 12.5 Å². The van der Waals surface area contributed by atoms with Crippen molar-refractivity contribution in [2.45, 2.75) is 37.3 Å². The van der Waals surface area contributed by atoms with Gasteiger partial charge in [0.1, 0.15) is 23.9 Å². The number of hydrogen-bond donors (Lipinski definition) is 2. The molecule has 2 N–H and O–H groups in total. The van der Waals surface area contributed by atoms with E-state index in [1.165, 1.54) is 28.4 Å². The highest BCUT2D eigenvalue weighted by atomic mass is 35.5. The third kappa shape index (κ3) is 6.15. The van der Waals surface area contributed by atoms with Gasteiger partial charge < -0.3 is 14.6 Å². The molecule has 4 aliphatic rings. The van der Waals surface area contributed by atoms with Gasteiger partial charge in [-0.25, -0.2) is 0 Å². The molecule has 0 spiro atoms. The number of carbonyl (C=O) groups excluding carboxylic acids is 4. The van der Waals surface area contributed by atoms with Crippen LogP contribution in [-0.2, 0) is 37.7 Å². The van der Waals surface area contributed by atoms with E-state index in [0.29, 0.717) is 33.2 Å². The van der Waals surface area contributed by atoms with Gasteiger partial charge in [-0.2, -0.15) is 5.01 Å². The van der Waals surface area contributed by atoms with E-state index in [0.717, 1.165) is 15.4 Å². The number of allylic oxidation sites excluding steroid dienone is 2. The molecule has 1 saturated carbocycles. The summed E-state index contributed by atoms with van der Waals surface area (Å²) < 4.78 is 11.6. The van der Waals surface area contributed by atoms with Crippen LogP contribution in [-0.4, -0.2) is 45.8 Å². The number of thiophene rings is 1. The number of amides is 4. The van der Waals surface area contributed by atoms with E-state index in [9.17, 15) is 14.7 Å². The number of nitrogens with one attached hydrogen (secondary N) is 1. The first-order valence-electron chi connectivity index (χ1n) is 18.9. The van der Waals surface area contributed by atoms with Gasteiger partial charge in [0.25, 0.3) is 11.8 Å². The van der Waals surface area contributed by atoms with Gasteiger partial charge >= 0.3 is 0 Å². The minimum Gasteiger partial charge on any atom is -0.508 e.